The number of halogens is 1. The monoisotopic (exact) mass is 375 g/mol. The first-order chi connectivity index (χ1) is 10.7. The van der Waals surface area contributed by atoms with Crippen molar-refractivity contribution in [3.05, 3.63) is 57.8 Å². The summed E-state index contributed by atoms with van der Waals surface area (Å²) >= 11 is 4.96. The fraction of sp³-hybridized carbons (Fsp3) is 0. The predicted octanol–water partition coefficient (Wildman–Crippen LogP) is 3.06. The molecule has 3 aromatic heterocycles. The van der Waals surface area contributed by atoms with E-state index in [1.54, 1.807) is 48.1 Å². The number of carbonyl (C=O) groups excluding carboxylic acids is 1. The maximum Gasteiger partial charge on any atom is 0.291 e. The van der Waals surface area contributed by atoms with Gasteiger partial charge in [0.1, 0.15) is 0 Å². The summed E-state index contributed by atoms with van der Waals surface area (Å²) in [5.74, 6) is -0.372. The van der Waals surface area contributed by atoms with E-state index in [-0.39, 0.29) is 11.6 Å². The first-order valence-corrected chi connectivity index (χ1v) is 7.88. The minimum absolute atomic E-state index is 0.284. The molecule has 0 atom stereocenters. The van der Waals surface area contributed by atoms with Crippen LogP contribution >= 0.6 is 27.3 Å². The van der Waals surface area contributed by atoms with Crippen molar-refractivity contribution in [1.29, 1.82) is 0 Å². The highest BCUT2D eigenvalue weighted by Gasteiger charge is 2.11. The quantitative estimate of drug-likeness (QED) is 0.542. The van der Waals surface area contributed by atoms with Crippen LogP contribution in [0.3, 0.4) is 0 Å². The average Bonchev–Trinajstić information content (AvgIpc) is 3.17. The number of H-pyrrole nitrogens is 1. The first-order valence-electron chi connectivity index (χ1n) is 6.27. The Morgan fingerprint density at radius 1 is 1.32 bits per heavy atom. The highest BCUT2D eigenvalue weighted by atomic mass is 79.9. The van der Waals surface area contributed by atoms with Crippen LogP contribution in [0.2, 0.25) is 0 Å². The van der Waals surface area contributed by atoms with Crippen LogP contribution in [0.5, 0.6) is 0 Å². The van der Waals surface area contributed by atoms with Crippen LogP contribution in [0.25, 0.3) is 10.6 Å². The molecule has 110 valence electrons. The van der Waals surface area contributed by atoms with Gasteiger partial charge in [-0.05, 0) is 51.8 Å². The molecule has 1 amide bonds. The second kappa shape index (κ2) is 6.63. The Morgan fingerprint density at radius 2 is 2.14 bits per heavy atom. The van der Waals surface area contributed by atoms with Crippen LogP contribution in [-0.2, 0) is 0 Å². The molecule has 0 unspecified atom stereocenters. The molecule has 0 saturated carbocycles. The zero-order valence-electron chi connectivity index (χ0n) is 11.2. The topological polar surface area (TPSA) is 83.0 Å². The SMILES string of the molecule is O=C(N/N=C/c1ccncc1)c1cc(-c2ccc(Br)s2)[nH]n1. The Kier molecular flexibility index (Phi) is 4.40. The van der Waals surface area contributed by atoms with Gasteiger partial charge in [-0.25, -0.2) is 5.43 Å². The molecule has 0 aliphatic rings. The van der Waals surface area contributed by atoms with Crippen LogP contribution in [0.15, 0.2) is 51.6 Å². The summed E-state index contributed by atoms with van der Waals surface area (Å²) in [4.78, 5) is 16.9. The van der Waals surface area contributed by atoms with Gasteiger partial charge in [0.05, 0.1) is 20.6 Å². The smallest absolute Gasteiger partial charge is 0.276 e. The first kappa shape index (κ1) is 14.6. The van der Waals surface area contributed by atoms with Crippen molar-refractivity contribution in [2.75, 3.05) is 0 Å². The molecule has 0 aromatic carbocycles. The van der Waals surface area contributed by atoms with E-state index in [0.29, 0.717) is 0 Å². The second-order valence-electron chi connectivity index (χ2n) is 4.25. The third-order valence-corrected chi connectivity index (χ3v) is 4.39. The number of hydrazone groups is 1. The Hall–Kier alpha value is -2.32. The van der Waals surface area contributed by atoms with E-state index in [1.807, 2.05) is 12.1 Å². The molecule has 0 radical (unpaired) electrons. The van der Waals surface area contributed by atoms with Gasteiger partial charge < -0.3 is 0 Å². The molecule has 8 heteroatoms. The number of hydrogen-bond acceptors (Lipinski definition) is 5. The van der Waals surface area contributed by atoms with Gasteiger partial charge >= 0.3 is 0 Å². The third-order valence-electron chi connectivity index (χ3n) is 2.73. The van der Waals surface area contributed by atoms with Gasteiger partial charge in [-0.3, -0.25) is 14.9 Å². The summed E-state index contributed by atoms with van der Waals surface area (Å²) in [6.07, 6.45) is 4.86. The van der Waals surface area contributed by atoms with Crippen LogP contribution in [0.1, 0.15) is 16.1 Å². The number of nitrogens with zero attached hydrogens (tertiary/aromatic N) is 3. The molecule has 3 rings (SSSR count). The van der Waals surface area contributed by atoms with Gasteiger partial charge in [-0.15, -0.1) is 11.3 Å². The number of rotatable bonds is 4. The number of nitrogens with one attached hydrogen (secondary N) is 2. The van der Waals surface area contributed by atoms with Crippen molar-refractivity contribution < 1.29 is 4.79 Å². The molecule has 0 aliphatic heterocycles. The molecule has 3 aromatic rings. The molecule has 0 aliphatic carbocycles. The maximum absolute atomic E-state index is 12.0. The normalized spacial score (nSPS) is 11.0. The molecule has 0 spiro atoms. The minimum atomic E-state index is -0.372. The third kappa shape index (κ3) is 3.46. The van der Waals surface area contributed by atoms with E-state index >= 15 is 0 Å². The van der Waals surface area contributed by atoms with Crippen molar-refractivity contribution in [3.63, 3.8) is 0 Å². The number of aromatic nitrogens is 3. The van der Waals surface area contributed by atoms with Gasteiger partial charge in [-0.1, -0.05) is 0 Å². The predicted molar refractivity (Wildman–Crippen MR) is 88.9 cm³/mol. The number of amides is 1. The number of hydrogen-bond donors (Lipinski definition) is 2. The molecule has 2 N–H and O–H groups in total. The molecule has 0 fully saturated rings. The van der Waals surface area contributed by atoms with E-state index in [0.717, 1.165) is 19.9 Å². The maximum atomic E-state index is 12.0. The summed E-state index contributed by atoms with van der Waals surface area (Å²) in [6, 6.07) is 9.16. The van der Waals surface area contributed by atoms with Crippen molar-refractivity contribution in [2.24, 2.45) is 5.10 Å². The van der Waals surface area contributed by atoms with Gasteiger partial charge in [-0.2, -0.15) is 10.2 Å². The van der Waals surface area contributed by atoms with Gasteiger partial charge in [0.2, 0.25) is 0 Å². The molecular formula is C14H10BrN5OS. The summed E-state index contributed by atoms with van der Waals surface area (Å²) < 4.78 is 1.02. The zero-order valence-corrected chi connectivity index (χ0v) is 13.6. The van der Waals surface area contributed by atoms with Crippen molar-refractivity contribution in [1.82, 2.24) is 20.6 Å². The van der Waals surface area contributed by atoms with Gasteiger partial charge in [0.15, 0.2) is 5.69 Å². The number of aromatic amines is 1. The zero-order chi connectivity index (χ0) is 15.4. The molecule has 0 saturated heterocycles. The Bertz CT molecular complexity index is 812. The Morgan fingerprint density at radius 3 is 2.86 bits per heavy atom. The molecule has 3 heterocycles. The van der Waals surface area contributed by atoms with Crippen molar-refractivity contribution in [3.8, 4) is 10.6 Å². The number of thiophene rings is 1. The largest absolute Gasteiger partial charge is 0.291 e. The summed E-state index contributed by atoms with van der Waals surface area (Å²) in [7, 11) is 0. The van der Waals surface area contributed by atoms with Crippen LogP contribution in [-0.4, -0.2) is 27.3 Å². The molecule has 22 heavy (non-hydrogen) atoms. The fourth-order valence-electron chi connectivity index (χ4n) is 1.70. The summed E-state index contributed by atoms with van der Waals surface area (Å²) in [5, 5.41) is 10.7. The van der Waals surface area contributed by atoms with Crippen molar-refractivity contribution >= 4 is 39.4 Å². The lowest BCUT2D eigenvalue weighted by Gasteiger charge is -1.94. The van der Waals surface area contributed by atoms with E-state index in [1.165, 1.54) is 0 Å². The average molecular weight is 376 g/mol. The standard InChI is InChI=1S/C14H10BrN5OS/c15-13-2-1-12(22-13)10-7-11(19-18-10)14(21)20-17-8-9-3-5-16-6-4-9/h1-8H,(H,18,19)(H,20,21)/b17-8+. The Balaban J connectivity index is 1.66. The fourth-order valence-corrected chi connectivity index (χ4v) is 3.05. The Labute approximate surface area is 138 Å². The van der Waals surface area contributed by atoms with Crippen LogP contribution in [0.4, 0.5) is 0 Å². The highest BCUT2D eigenvalue weighted by molar-refractivity contribution is 9.11. The second-order valence-corrected chi connectivity index (χ2v) is 6.71. The van der Waals surface area contributed by atoms with E-state index < -0.39 is 0 Å². The lowest BCUT2D eigenvalue weighted by molar-refractivity contribution is 0.0950. The van der Waals surface area contributed by atoms with Crippen LogP contribution in [0, 0.1) is 0 Å². The highest BCUT2D eigenvalue weighted by Crippen LogP contribution is 2.30. The molecule has 0 bridgehead atoms. The van der Waals surface area contributed by atoms with E-state index in [9.17, 15) is 4.79 Å². The lowest BCUT2D eigenvalue weighted by Crippen LogP contribution is -2.17. The van der Waals surface area contributed by atoms with Crippen LogP contribution < -0.4 is 5.43 Å². The molecular weight excluding hydrogens is 366 g/mol. The number of pyridine rings is 1. The van der Waals surface area contributed by atoms with Gasteiger partial charge in [0.25, 0.3) is 5.91 Å². The number of carbonyl (C=O) groups is 1. The minimum Gasteiger partial charge on any atom is -0.276 e. The van der Waals surface area contributed by atoms with Crippen molar-refractivity contribution in [2.45, 2.75) is 0 Å². The lowest BCUT2D eigenvalue weighted by atomic mass is 10.3. The molecule has 6 nitrogen and oxygen atoms in total. The van der Waals surface area contributed by atoms with E-state index in [4.69, 9.17) is 0 Å². The van der Waals surface area contributed by atoms with Gasteiger partial charge in [0, 0.05) is 12.4 Å². The summed E-state index contributed by atoms with van der Waals surface area (Å²) in [5.41, 5.74) is 4.36. The summed E-state index contributed by atoms with van der Waals surface area (Å²) in [6.45, 7) is 0. The van der Waals surface area contributed by atoms with E-state index in [2.05, 4.69) is 41.6 Å².